The summed E-state index contributed by atoms with van der Waals surface area (Å²) in [5.41, 5.74) is 1.83. The van der Waals surface area contributed by atoms with Gasteiger partial charge in [-0.3, -0.25) is 9.59 Å². The van der Waals surface area contributed by atoms with E-state index in [-0.39, 0.29) is 17.7 Å². The van der Waals surface area contributed by atoms with Crippen LogP contribution in [0.2, 0.25) is 0 Å². The van der Waals surface area contributed by atoms with Crippen molar-refractivity contribution in [1.29, 1.82) is 0 Å². The third-order valence-electron chi connectivity index (χ3n) is 2.67. The van der Waals surface area contributed by atoms with Crippen LogP contribution in [0.15, 0.2) is 23.1 Å². The van der Waals surface area contributed by atoms with Crippen LogP contribution in [0.3, 0.4) is 0 Å². The molecule has 1 aliphatic rings. The predicted octanol–water partition coefficient (Wildman–Crippen LogP) is 2.00. The van der Waals surface area contributed by atoms with Crippen LogP contribution in [-0.4, -0.2) is 17.6 Å². The summed E-state index contributed by atoms with van der Waals surface area (Å²) < 4.78 is 0. The molecule has 0 saturated heterocycles. The summed E-state index contributed by atoms with van der Waals surface area (Å²) in [6.45, 7) is 4.21. The lowest BCUT2D eigenvalue weighted by atomic mass is 10.1. The Morgan fingerprint density at radius 1 is 1.50 bits per heavy atom. The summed E-state index contributed by atoms with van der Waals surface area (Å²) in [4.78, 5) is 23.8. The van der Waals surface area contributed by atoms with Crippen molar-refractivity contribution in [3.8, 4) is 0 Å². The number of rotatable bonds is 3. The maximum Gasteiger partial charge on any atom is 0.234 e. The Morgan fingerprint density at radius 3 is 3.00 bits per heavy atom. The summed E-state index contributed by atoms with van der Waals surface area (Å²) in [6.07, 6.45) is 0. The molecule has 1 aromatic rings. The molecule has 18 heavy (non-hydrogen) atoms. The zero-order valence-electron chi connectivity index (χ0n) is 10.4. The van der Waals surface area contributed by atoms with Crippen LogP contribution in [0, 0.1) is 5.92 Å². The van der Waals surface area contributed by atoms with Crippen LogP contribution in [0.25, 0.3) is 0 Å². The van der Waals surface area contributed by atoms with Crippen molar-refractivity contribution < 1.29 is 9.59 Å². The molecule has 0 aliphatic carbocycles. The Morgan fingerprint density at radius 2 is 2.28 bits per heavy atom. The molecule has 0 unspecified atom stereocenters. The zero-order valence-corrected chi connectivity index (χ0v) is 11.3. The van der Waals surface area contributed by atoms with Gasteiger partial charge in [0.25, 0.3) is 0 Å². The van der Waals surface area contributed by atoms with E-state index in [9.17, 15) is 9.59 Å². The largest absolute Gasteiger partial charge is 0.352 e. The van der Waals surface area contributed by atoms with Crippen LogP contribution in [0.1, 0.15) is 19.4 Å². The molecule has 0 radical (unpaired) electrons. The van der Waals surface area contributed by atoms with Gasteiger partial charge in [-0.2, -0.15) is 0 Å². The first kappa shape index (κ1) is 13.0. The van der Waals surface area contributed by atoms with Gasteiger partial charge < -0.3 is 10.6 Å². The third kappa shape index (κ3) is 3.04. The lowest BCUT2D eigenvalue weighted by Gasteiger charge is -2.17. The standard InChI is InChI=1S/C13H16N2O2S/c1-8(2)13(17)14-6-9-3-4-11-10(5-9)15-12(16)7-18-11/h3-5,8H,6-7H2,1-2H3,(H,14,17)(H,15,16). The first-order chi connectivity index (χ1) is 8.56. The first-order valence-corrected chi connectivity index (χ1v) is 6.88. The molecule has 1 heterocycles. The molecule has 0 fully saturated rings. The van der Waals surface area contributed by atoms with E-state index < -0.39 is 0 Å². The molecular formula is C13H16N2O2S. The molecule has 0 spiro atoms. The Labute approximate surface area is 111 Å². The number of benzene rings is 1. The molecule has 4 nitrogen and oxygen atoms in total. The van der Waals surface area contributed by atoms with Crippen molar-refractivity contribution >= 4 is 29.3 Å². The van der Waals surface area contributed by atoms with Gasteiger partial charge in [-0.15, -0.1) is 11.8 Å². The number of amides is 2. The van der Waals surface area contributed by atoms with E-state index in [1.54, 1.807) is 0 Å². The molecule has 1 aliphatic heterocycles. The van der Waals surface area contributed by atoms with Crippen molar-refractivity contribution in [2.75, 3.05) is 11.1 Å². The molecule has 0 bridgehead atoms. The second-order valence-electron chi connectivity index (χ2n) is 4.54. The van der Waals surface area contributed by atoms with Gasteiger partial charge in [0, 0.05) is 17.4 Å². The van der Waals surface area contributed by atoms with Crippen LogP contribution in [-0.2, 0) is 16.1 Å². The minimum atomic E-state index is -0.0158. The molecule has 2 rings (SSSR count). The second kappa shape index (κ2) is 5.44. The normalized spacial score (nSPS) is 14.1. The number of thioether (sulfide) groups is 1. The lowest BCUT2D eigenvalue weighted by molar-refractivity contribution is -0.124. The highest BCUT2D eigenvalue weighted by molar-refractivity contribution is 8.00. The zero-order chi connectivity index (χ0) is 13.1. The molecule has 2 amide bonds. The van der Waals surface area contributed by atoms with E-state index in [4.69, 9.17) is 0 Å². The van der Waals surface area contributed by atoms with Gasteiger partial charge in [0.2, 0.25) is 11.8 Å². The Balaban J connectivity index is 2.04. The number of anilines is 1. The monoisotopic (exact) mass is 264 g/mol. The average molecular weight is 264 g/mol. The SMILES string of the molecule is CC(C)C(=O)NCc1ccc2c(c1)NC(=O)CS2. The van der Waals surface area contributed by atoms with E-state index in [1.165, 1.54) is 11.8 Å². The number of hydrogen-bond acceptors (Lipinski definition) is 3. The van der Waals surface area contributed by atoms with Crippen molar-refractivity contribution in [1.82, 2.24) is 5.32 Å². The van der Waals surface area contributed by atoms with E-state index in [0.29, 0.717) is 12.3 Å². The highest BCUT2D eigenvalue weighted by atomic mass is 32.2. The summed E-state index contributed by atoms with van der Waals surface area (Å²) in [5, 5.41) is 5.70. The number of nitrogens with one attached hydrogen (secondary N) is 2. The van der Waals surface area contributed by atoms with E-state index in [1.807, 2.05) is 32.0 Å². The summed E-state index contributed by atoms with van der Waals surface area (Å²) in [7, 11) is 0. The average Bonchev–Trinajstić information content (AvgIpc) is 2.35. The fourth-order valence-electron chi connectivity index (χ4n) is 1.63. The first-order valence-electron chi connectivity index (χ1n) is 5.89. The molecule has 0 atom stereocenters. The van der Waals surface area contributed by atoms with Crippen molar-refractivity contribution in [2.45, 2.75) is 25.3 Å². The lowest BCUT2D eigenvalue weighted by Crippen LogP contribution is -2.27. The minimum absolute atomic E-state index is 0.0158. The van der Waals surface area contributed by atoms with Gasteiger partial charge in [0.1, 0.15) is 0 Å². The van der Waals surface area contributed by atoms with E-state index in [2.05, 4.69) is 10.6 Å². The molecule has 0 saturated carbocycles. The van der Waals surface area contributed by atoms with Gasteiger partial charge in [-0.05, 0) is 17.7 Å². The van der Waals surface area contributed by atoms with Gasteiger partial charge in [0.05, 0.1) is 11.4 Å². The van der Waals surface area contributed by atoms with Crippen molar-refractivity contribution in [3.63, 3.8) is 0 Å². The van der Waals surface area contributed by atoms with Gasteiger partial charge >= 0.3 is 0 Å². The van der Waals surface area contributed by atoms with Gasteiger partial charge in [-0.25, -0.2) is 0 Å². The van der Waals surface area contributed by atoms with E-state index in [0.717, 1.165) is 16.1 Å². The van der Waals surface area contributed by atoms with Crippen LogP contribution in [0.5, 0.6) is 0 Å². The Hall–Kier alpha value is -1.49. The van der Waals surface area contributed by atoms with Crippen molar-refractivity contribution in [3.05, 3.63) is 23.8 Å². The molecular weight excluding hydrogens is 248 g/mol. The number of hydrogen-bond donors (Lipinski definition) is 2. The molecule has 1 aromatic carbocycles. The quantitative estimate of drug-likeness (QED) is 0.878. The van der Waals surface area contributed by atoms with Gasteiger partial charge in [0.15, 0.2) is 0 Å². The van der Waals surface area contributed by atoms with Crippen LogP contribution in [0.4, 0.5) is 5.69 Å². The fraction of sp³-hybridized carbons (Fsp3) is 0.385. The smallest absolute Gasteiger partial charge is 0.234 e. The third-order valence-corrected chi connectivity index (χ3v) is 3.74. The molecule has 96 valence electrons. The maximum atomic E-state index is 11.5. The van der Waals surface area contributed by atoms with E-state index >= 15 is 0 Å². The topological polar surface area (TPSA) is 58.2 Å². The highest BCUT2D eigenvalue weighted by Gasteiger charge is 2.15. The number of carbonyl (C=O) groups is 2. The second-order valence-corrected chi connectivity index (χ2v) is 5.56. The minimum Gasteiger partial charge on any atom is -0.352 e. The summed E-state index contributed by atoms with van der Waals surface area (Å²) >= 11 is 1.54. The summed E-state index contributed by atoms with van der Waals surface area (Å²) in [6, 6.07) is 5.88. The maximum absolute atomic E-state index is 11.5. The number of carbonyl (C=O) groups excluding carboxylic acids is 2. The van der Waals surface area contributed by atoms with Crippen LogP contribution < -0.4 is 10.6 Å². The van der Waals surface area contributed by atoms with Crippen molar-refractivity contribution in [2.24, 2.45) is 5.92 Å². The highest BCUT2D eigenvalue weighted by Crippen LogP contribution is 2.31. The van der Waals surface area contributed by atoms with Gasteiger partial charge in [-0.1, -0.05) is 19.9 Å². The Bertz CT molecular complexity index is 486. The predicted molar refractivity (Wildman–Crippen MR) is 72.5 cm³/mol. The molecule has 5 heteroatoms. The fourth-order valence-corrected chi connectivity index (χ4v) is 2.42. The molecule has 2 N–H and O–H groups in total. The van der Waals surface area contributed by atoms with Crippen LogP contribution >= 0.6 is 11.8 Å². The summed E-state index contributed by atoms with van der Waals surface area (Å²) in [5.74, 6) is 0.510. The Kier molecular flexibility index (Phi) is 3.91. The molecule has 0 aromatic heterocycles. The number of fused-ring (bicyclic) bond motifs is 1.